The van der Waals surface area contributed by atoms with Gasteiger partial charge in [-0.15, -0.1) is 0 Å². The summed E-state index contributed by atoms with van der Waals surface area (Å²) in [6.07, 6.45) is 1.58. The predicted molar refractivity (Wildman–Crippen MR) is 60.1 cm³/mol. The molecule has 0 saturated carbocycles. The van der Waals surface area contributed by atoms with Gasteiger partial charge in [0, 0.05) is 11.8 Å². The number of aromatic hydroxyl groups is 1. The molecule has 82 valence electrons. The molecule has 1 aromatic carbocycles. The van der Waals surface area contributed by atoms with Gasteiger partial charge in [0.2, 0.25) is 5.95 Å². The number of hydrogen-bond acceptors (Lipinski definition) is 5. The van der Waals surface area contributed by atoms with E-state index >= 15 is 0 Å². The lowest BCUT2D eigenvalue weighted by Gasteiger charge is -2.06. The van der Waals surface area contributed by atoms with E-state index in [1.54, 1.807) is 30.5 Å². The Balaban J connectivity index is 2.48. The fourth-order valence-electron chi connectivity index (χ4n) is 1.37. The SMILES string of the molecule is COc1cc(-c2ccnc(N)n2)ccc1O. The number of nitrogens with zero attached hydrogens (tertiary/aromatic N) is 2. The van der Waals surface area contributed by atoms with Gasteiger partial charge >= 0.3 is 0 Å². The summed E-state index contributed by atoms with van der Waals surface area (Å²) < 4.78 is 5.01. The minimum atomic E-state index is 0.0910. The van der Waals surface area contributed by atoms with Crippen LogP contribution < -0.4 is 10.5 Å². The normalized spacial score (nSPS) is 10.1. The number of methoxy groups -OCH3 is 1. The molecule has 0 bridgehead atoms. The van der Waals surface area contributed by atoms with Crippen LogP contribution in [-0.4, -0.2) is 22.2 Å². The Bertz CT molecular complexity index is 514. The summed E-state index contributed by atoms with van der Waals surface area (Å²) in [6.45, 7) is 0. The number of nitrogen functional groups attached to an aromatic ring is 1. The van der Waals surface area contributed by atoms with Gasteiger partial charge in [0.1, 0.15) is 0 Å². The highest BCUT2D eigenvalue weighted by atomic mass is 16.5. The largest absolute Gasteiger partial charge is 0.504 e. The third-order valence-corrected chi connectivity index (χ3v) is 2.15. The third-order valence-electron chi connectivity index (χ3n) is 2.15. The fraction of sp³-hybridized carbons (Fsp3) is 0.0909. The Kier molecular flexibility index (Phi) is 2.59. The summed E-state index contributed by atoms with van der Waals surface area (Å²) in [7, 11) is 1.49. The average molecular weight is 217 g/mol. The minimum Gasteiger partial charge on any atom is -0.504 e. The number of nitrogens with two attached hydrogens (primary N) is 1. The first-order chi connectivity index (χ1) is 7.70. The molecule has 3 N–H and O–H groups in total. The maximum atomic E-state index is 9.45. The second kappa shape index (κ2) is 4.06. The van der Waals surface area contributed by atoms with Crippen molar-refractivity contribution >= 4 is 5.95 Å². The van der Waals surface area contributed by atoms with Crippen LogP contribution in [0.4, 0.5) is 5.95 Å². The molecule has 1 heterocycles. The maximum absolute atomic E-state index is 9.45. The van der Waals surface area contributed by atoms with E-state index in [2.05, 4.69) is 9.97 Å². The summed E-state index contributed by atoms with van der Waals surface area (Å²) in [5.74, 6) is 0.701. The van der Waals surface area contributed by atoms with Crippen LogP contribution >= 0.6 is 0 Å². The van der Waals surface area contributed by atoms with Crippen LogP contribution in [0.15, 0.2) is 30.5 Å². The van der Waals surface area contributed by atoms with Crippen molar-refractivity contribution in [3.63, 3.8) is 0 Å². The molecule has 0 spiro atoms. The molecule has 0 aliphatic heterocycles. The molecule has 5 heteroatoms. The van der Waals surface area contributed by atoms with Crippen LogP contribution in [0.1, 0.15) is 0 Å². The number of rotatable bonds is 2. The molecule has 5 nitrogen and oxygen atoms in total. The first-order valence-corrected chi connectivity index (χ1v) is 4.66. The average Bonchev–Trinajstić information content (AvgIpc) is 2.29. The van der Waals surface area contributed by atoms with E-state index in [4.69, 9.17) is 10.5 Å². The summed E-state index contributed by atoms with van der Waals surface area (Å²) in [5, 5.41) is 9.45. The van der Waals surface area contributed by atoms with Gasteiger partial charge in [-0.2, -0.15) is 0 Å². The predicted octanol–water partition coefficient (Wildman–Crippen LogP) is 1.44. The van der Waals surface area contributed by atoms with Gasteiger partial charge < -0.3 is 15.6 Å². The van der Waals surface area contributed by atoms with Crippen LogP contribution in [0.3, 0.4) is 0 Å². The lowest BCUT2D eigenvalue weighted by atomic mass is 10.1. The van der Waals surface area contributed by atoms with Crippen molar-refractivity contribution in [3.8, 4) is 22.8 Å². The molecule has 0 aliphatic carbocycles. The zero-order chi connectivity index (χ0) is 11.5. The Hall–Kier alpha value is -2.30. The van der Waals surface area contributed by atoms with Gasteiger partial charge in [0.05, 0.1) is 12.8 Å². The number of ether oxygens (including phenoxy) is 1. The van der Waals surface area contributed by atoms with Gasteiger partial charge in [-0.1, -0.05) is 0 Å². The fourth-order valence-corrected chi connectivity index (χ4v) is 1.37. The van der Waals surface area contributed by atoms with Crippen molar-refractivity contribution in [2.24, 2.45) is 0 Å². The molecule has 2 aromatic rings. The molecule has 0 radical (unpaired) electrons. The van der Waals surface area contributed by atoms with Crippen molar-refractivity contribution < 1.29 is 9.84 Å². The van der Waals surface area contributed by atoms with E-state index in [-0.39, 0.29) is 11.7 Å². The smallest absolute Gasteiger partial charge is 0.220 e. The second-order valence-corrected chi connectivity index (χ2v) is 3.19. The van der Waals surface area contributed by atoms with Gasteiger partial charge in [-0.3, -0.25) is 0 Å². The van der Waals surface area contributed by atoms with Gasteiger partial charge in [-0.05, 0) is 24.3 Å². The van der Waals surface area contributed by atoms with Crippen LogP contribution in [0.5, 0.6) is 11.5 Å². The molecule has 0 aliphatic rings. The van der Waals surface area contributed by atoms with E-state index in [9.17, 15) is 5.11 Å². The zero-order valence-corrected chi connectivity index (χ0v) is 8.71. The van der Waals surface area contributed by atoms with E-state index in [0.29, 0.717) is 11.4 Å². The van der Waals surface area contributed by atoms with Gasteiger partial charge in [-0.25, -0.2) is 9.97 Å². The second-order valence-electron chi connectivity index (χ2n) is 3.19. The molecule has 16 heavy (non-hydrogen) atoms. The van der Waals surface area contributed by atoms with E-state index < -0.39 is 0 Å². The van der Waals surface area contributed by atoms with Gasteiger partial charge in [0.15, 0.2) is 11.5 Å². The van der Waals surface area contributed by atoms with E-state index in [0.717, 1.165) is 5.56 Å². The van der Waals surface area contributed by atoms with Crippen LogP contribution in [-0.2, 0) is 0 Å². The molecule has 0 atom stereocenters. The van der Waals surface area contributed by atoms with Crippen molar-refractivity contribution in [1.82, 2.24) is 9.97 Å². The first kappa shape index (κ1) is 10.2. The molecular weight excluding hydrogens is 206 g/mol. The summed E-state index contributed by atoms with van der Waals surface area (Å²) in [6, 6.07) is 6.71. The highest BCUT2D eigenvalue weighted by Gasteiger charge is 2.05. The topological polar surface area (TPSA) is 81.3 Å². The number of hydrogen-bond donors (Lipinski definition) is 2. The van der Waals surface area contributed by atoms with E-state index in [1.807, 2.05) is 0 Å². The summed E-state index contributed by atoms with van der Waals surface area (Å²) in [4.78, 5) is 7.89. The highest BCUT2D eigenvalue weighted by molar-refractivity contribution is 5.64. The highest BCUT2D eigenvalue weighted by Crippen LogP contribution is 2.30. The van der Waals surface area contributed by atoms with Crippen molar-refractivity contribution in [2.75, 3.05) is 12.8 Å². The number of benzene rings is 1. The standard InChI is InChI=1S/C11H11N3O2/c1-16-10-6-7(2-3-9(10)15)8-4-5-13-11(12)14-8/h2-6,15H,1H3,(H2,12,13,14). The number of phenols is 1. The summed E-state index contributed by atoms with van der Waals surface area (Å²) in [5.41, 5.74) is 6.99. The van der Waals surface area contributed by atoms with Crippen molar-refractivity contribution in [1.29, 1.82) is 0 Å². The summed E-state index contributed by atoms with van der Waals surface area (Å²) >= 11 is 0. The Labute approximate surface area is 92.5 Å². The zero-order valence-electron chi connectivity index (χ0n) is 8.71. The van der Waals surface area contributed by atoms with Crippen molar-refractivity contribution in [2.45, 2.75) is 0 Å². The quantitative estimate of drug-likeness (QED) is 0.795. The van der Waals surface area contributed by atoms with Crippen LogP contribution in [0, 0.1) is 0 Å². The molecule has 0 saturated heterocycles. The molecule has 1 aromatic heterocycles. The van der Waals surface area contributed by atoms with Crippen LogP contribution in [0.2, 0.25) is 0 Å². The molecule has 0 unspecified atom stereocenters. The van der Waals surface area contributed by atoms with Gasteiger partial charge in [0.25, 0.3) is 0 Å². The van der Waals surface area contributed by atoms with Crippen LogP contribution in [0.25, 0.3) is 11.3 Å². The Morgan fingerprint density at radius 2 is 2.12 bits per heavy atom. The minimum absolute atomic E-state index is 0.0910. The Morgan fingerprint density at radius 3 is 2.81 bits per heavy atom. The third kappa shape index (κ3) is 1.88. The number of aromatic nitrogens is 2. The molecule has 0 fully saturated rings. The molecule has 0 amide bonds. The lowest BCUT2D eigenvalue weighted by molar-refractivity contribution is 0.373. The monoisotopic (exact) mass is 217 g/mol. The maximum Gasteiger partial charge on any atom is 0.220 e. The lowest BCUT2D eigenvalue weighted by Crippen LogP contribution is -1.95. The van der Waals surface area contributed by atoms with E-state index in [1.165, 1.54) is 7.11 Å². The number of anilines is 1. The number of phenolic OH excluding ortho intramolecular Hbond substituents is 1. The Morgan fingerprint density at radius 1 is 1.31 bits per heavy atom. The first-order valence-electron chi connectivity index (χ1n) is 4.66. The molecule has 2 rings (SSSR count). The van der Waals surface area contributed by atoms with Crippen molar-refractivity contribution in [3.05, 3.63) is 30.5 Å². The molecular formula is C11H11N3O2.